The van der Waals surface area contributed by atoms with Crippen molar-refractivity contribution in [1.82, 2.24) is 5.01 Å². The first-order valence-electron chi connectivity index (χ1n) is 4.84. The van der Waals surface area contributed by atoms with E-state index in [1.54, 1.807) is 32.1 Å². The van der Waals surface area contributed by atoms with Crippen molar-refractivity contribution in [1.29, 1.82) is 0 Å². The fourth-order valence-corrected chi connectivity index (χ4v) is 1.31. The van der Waals surface area contributed by atoms with E-state index in [1.165, 1.54) is 5.01 Å². The lowest BCUT2D eigenvalue weighted by Gasteiger charge is -2.23. The highest BCUT2D eigenvalue weighted by molar-refractivity contribution is 6.68. The van der Waals surface area contributed by atoms with Gasteiger partial charge in [0, 0.05) is 0 Å². The van der Waals surface area contributed by atoms with Crippen LogP contribution in [-0.4, -0.2) is 22.8 Å². The van der Waals surface area contributed by atoms with E-state index >= 15 is 0 Å². The molecule has 1 aliphatic rings. The van der Waals surface area contributed by atoms with Gasteiger partial charge in [0.05, 0.1) is 12.3 Å². The van der Waals surface area contributed by atoms with Gasteiger partial charge in [0.15, 0.2) is 0 Å². The Morgan fingerprint density at radius 3 is 2.94 bits per heavy atom. The average molecular weight is 241 g/mol. The summed E-state index contributed by atoms with van der Waals surface area (Å²) in [6.07, 6.45) is 4.90. The average Bonchev–Trinajstić information content (AvgIpc) is 2.24. The monoisotopic (exact) mass is 240 g/mol. The Hall–Kier alpha value is -1.55. The molecule has 16 heavy (non-hydrogen) atoms. The normalized spacial score (nSPS) is 16.2. The quantitative estimate of drug-likeness (QED) is 0.562. The molecular formula is C11H13ClN2O2. The van der Waals surface area contributed by atoms with Gasteiger partial charge in [-0.25, -0.2) is 9.80 Å². The Balaban J connectivity index is 2.94. The molecule has 5 heteroatoms. The highest BCUT2D eigenvalue weighted by Gasteiger charge is 2.21. The van der Waals surface area contributed by atoms with Crippen molar-refractivity contribution in [3.63, 3.8) is 0 Å². The molecule has 0 N–H and O–H groups in total. The smallest absolute Gasteiger partial charge is 0.356 e. The summed E-state index contributed by atoms with van der Waals surface area (Å²) in [5.74, 6) is -0.449. The van der Waals surface area contributed by atoms with Gasteiger partial charge in [-0.2, -0.15) is 5.10 Å². The number of esters is 1. The largest absolute Gasteiger partial charge is 0.461 e. The third kappa shape index (κ3) is 2.73. The molecule has 0 atom stereocenters. The van der Waals surface area contributed by atoms with Crippen LogP contribution in [0.15, 0.2) is 41.3 Å². The van der Waals surface area contributed by atoms with Crippen LogP contribution >= 0.6 is 11.6 Å². The predicted molar refractivity (Wildman–Crippen MR) is 63.8 cm³/mol. The number of allylic oxidation sites excluding steroid dienone is 3. The molecule has 0 aliphatic carbocycles. The molecule has 0 unspecified atom stereocenters. The minimum Gasteiger partial charge on any atom is -0.461 e. The molecule has 0 amide bonds. The van der Waals surface area contributed by atoms with Crippen LogP contribution in [0.3, 0.4) is 0 Å². The van der Waals surface area contributed by atoms with E-state index in [4.69, 9.17) is 16.3 Å². The van der Waals surface area contributed by atoms with Crippen molar-refractivity contribution in [2.45, 2.75) is 13.8 Å². The van der Waals surface area contributed by atoms with E-state index in [2.05, 4.69) is 11.7 Å². The summed E-state index contributed by atoms with van der Waals surface area (Å²) in [5, 5.41) is 5.65. The van der Waals surface area contributed by atoms with Gasteiger partial charge in [-0.15, -0.1) is 0 Å². The SMILES string of the molecule is C=C1C=CC(Cl)=NN1/C(=C\C)C(=O)OCC. The number of nitrogens with zero attached hydrogens (tertiary/aromatic N) is 2. The number of carbonyl (C=O) groups excluding carboxylic acids is 1. The maximum Gasteiger partial charge on any atom is 0.356 e. The van der Waals surface area contributed by atoms with E-state index in [-0.39, 0.29) is 5.17 Å². The lowest BCUT2D eigenvalue weighted by Crippen LogP contribution is -2.25. The van der Waals surface area contributed by atoms with Crippen LogP contribution < -0.4 is 0 Å². The summed E-state index contributed by atoms with van der Waals surface area (Å²) < 4.78 is 4.91. The number of rotatable bonds is 3. The zero-order valence-electron chi connectivity index (χ0n) is 9.24. The van der Waals surface area contributed by atoms with Gasteiger partial charge in [0.1, 0.15) is 10.9 Å². The van der Waals surface area contributed by atoms with Gasteiger partial charge in [-0.1, -0.05) is 24.3 Å². The second-order valence-electron chi connectivity index (χ2n) is 2.95. The first kappa shape index (κ1) is 12.5. The molecule has 1 aliphatic heterocycles. The van der Waals surface area contributed by atoms with Crippen molar-refractivity contribution in [3.05, 3.63) is 36.2 Å². The molecule has 0 radical (unpaired) electrons. The van der Waals surface area contributed by atoms with Crippen LogP contribution in [0.4, 0.5) is 0 Å². The van der Waals surface area contributed by atoms with Gasteiger partial charge in [0.25, 0.3) is 0 Å². The van der Waals surface area contributed by atoms with E-state index in [9.17, 15) is 4.79 Å². The first-order chi connectivity index (χ1) is 7.60. The van der Waals surface area contributed by atoms with Crippen LogP contribution in [0.2, 0.25) is 0 Å². The van der Waals surface area contributed by atoms with Crippen LogP contribution in [0.1, 0.15) is 13.8 Å². The molecule has 0 bridgehead atoms. The molecule has 1 heterocycles. The van der Waals surface area contributed by atoms with Crippen LogP contribution in [0.5, 0.6) is 0 Å². The molecule has 0 saturated heterocycles. The Morgan fingerprint density at radius 2 is 2.38 bits per heavy atom. The van der Waals surface area contributed by atoms with E-state index in [1.807, 2.05) is 0 Å². The molecule has 86 valence electrons. The van der Waals surface area contributed by atoms with Crippen molar-refractivity contribution < 1.29 is 9.53 Å². The number of ether oxygens (including phenoxy) is 1. The van der Waals surface area contributed by atoms with Crippen LogP contribution in [0.25, 0.3) is 0 Å². The third-order valence-electron chi connectivity index (χ3n) is 1.87. The highest BCUT2D eigenvalue weighted by Crippen LogP contribution is 2.19. The minimum atomic E-state index is -0.449. The van der Waals surface area contributed by atoms with Gasteiger partial charge in [-0.3, -0.25) is 0 Å². The summed E-state index contributed by atoms with van der Waals surface area (Å²) in [5.41, 5.74) is 0.861. The van der Waals surface area contributed by atoms with E-state index in [0.29, 0.717) is 18.0 Å². The predicted octanol–water partition coefficient (Wildman–Crippen LogP) is 2.39. The summed E-state index contributed by atoms with van der Waals surface area (Å²) in [7, 11) is 0. The summed E-state index contributed by atoms with van der Waals surface area (Å²) in [6.45, 7) is 7.54. The number of hydrogen-bond acceptors (Lipinski definition) is 4. The van der Waals surface area contributed by atoms with Gasteiger partial charge >= 0.3 is 5.97 Å². The minimum absolute atomic E-state index is 0.288. The highest BCUT2D eigenvalue weighted by atomic mass is 35.5. The van der Waals surface area contributed by atoms with Crippen molar-refractivity contribution in [3.8, 4) is 0 Å². The third-order valence-corrected chi connectivity index (χ3v) is 2.07. The summed E-state index contributed by atoms with van der Waals surface area (Å²) in [4.78, 5) is 11.6. The fraction of sp³-hybridized carbons (Fsp3) is 0.273. The summed E-state index contributed by atoms with van der Waals surface area (Å²) >= 11 is 5.76. The Morgan fingerprint density at radius 1 is 1.69 bits per heavy atom. The number of hydrogen-bond donors (Lipinski definition) is 0. The first-order valence-corrected chi connectivity index (χ1v) is 5.22. The Bertz CT molecular complexity index is 397. The van der Waals surface area contributed by atoms with Gasteiger partial charge in [-0.05, 0) is 26.0 Å². The van der Waals surface area contributed by atoms with Gasteiger partial charge < -0.3 is 4.74 Å². The Kier molecular flexibility index (Phi) is 4.31. The topological polar surface area (TPSA) is 41.9 Å². The molecule has 0 aromatic rings. The van der Waals surface area contributed by atoms with Crippen LogP contribution in [-0.2, 0) is 9.53 Å². The van der Waals surface area contributed by atoms with E-state index < -0.39 is 5.97 Å². The molecular weight excluding hydrogens is 228 g/mol. The molecule has 1 rings (SSSR count). The van der Waals surface area contributed by atoms with Crippen molar-refractivity contribution in [2.24, 2.45) is 5.10 Å². The second-order valence-corrected chi connectivity index (χ2v) is 3.34. The standard InChI is InChI=1S/C11H13ClN2O2/c1-4-9(11(15)16-5-2)14-8(3)6-7-10(12)13-14/h4,6-7H,3,5H2,1-2H3/b9-4-. The Labute approximate surface area is 99.5 Å². The second kappa shape index (κ2) is 5.51. The molecule has 0 fully saturated rings. The summed E-state index contributed by atoms with van der Waals surface area (Å²) in [6, 6.07) is 0. The molecule has 0 spiro atoms. The number of hydrazone groups is 1. The van der Waals surface area contributed by atoms with E-state index in [0.717, 1.165) is 0 Å². The molecule has 0 aromatic heterocycles. The van der Waals surface area contributed by atoms with Gasteiger partial charge in [0.2, 0.25) is 0 Å². The maximum atomic E-state index is 11.6. The van der Waals surface area contributed by atoms with Crippen molar-refractivity contribution >= 4 is 22.7 Å². The fourth-order valence-electron chi connectivity index (χ4n) is 1.17. The van der Waals surface area contributed by atoms with Crippen molar-refractivity contribution in [2.75, 3.05) is 6.61 Å². The number of carbonyl (C=O) groups is 1. The lowest BCUT2D eigenvalue weighted by molar-refractivity contribution is -0.140. The molecule has 0 saturated carbocycles. The zero-order valence-corrected chi connectivity index (χ0v) is 9.99. The lowest BCUT2D eigenvalue weighted by atomic mass is 10.3. The molecule has 4 nitrogen and oxygen atoms in total. The zero-order chi connectivity index (χ0) is 12.1. The maximum absolute atomic E-state index is 11.6. The molecule has 0 aromatic carbocycles. The number of halogens is 1. The van der Waals surface area contributed by atoms with Crippen LogP contribution in [0, 0.1) is 0 Å².